The second-order valence-electron chi connectivity index (χ2n) is 6.55. The smallest absolute Gasteiger partial charge is 0.270 e. The van der Waals surface area contributed by atoms with E-state index in [9.17, 15) is 14.0 Å². The third kappa shape index (κ3) is 3.65. The van der Waals surface area contributed by atoms with Gasteiger partial charge in [-0.15, -0.1) is 0 Å². The van der Waals surface area contributed by atoms with Crippen molar-refractivity contribution in [2.24, 2.45) is 0 Å². The van der Waals surface area contributed by atoms with Crippen molar-refractivity contribution in [2.45, 2.75) is 6.92 Å². The molecular formula is C22H14ClFN2O3S. The summed E-state index contributed by atoms with van der Waals surface area (Å²) >= 11 is 11.4. The molecule has 2 aromatic carbocycles. The van der Waals surface area contributed by atoms with E-state index in [-0.39, 0.29) is 16.5 Å². The molecule has 1 aromatic heterocycles. The van der Waals surface area contributed by atoms with Crippen LogP contribution in [0.25, 0.3) is 17.4 Å². The first-order chi connectivity index (χ1) is 14.3. The van der Waals surface area contributed by atoms with E-state index in [2.05, 4.69) is 5.32 Å². The molecule has 1 aliphatic rings. The van der Waals surface area contributed by atoms with Crippen molar-refractivity contribution in [2.75, 3.05) is 4.90 Å². The highest BCUT2D eigenvalue weighted by atomic mass is 35.5. The Kier molecular flexibility index (Phi) is 5.24. The Bertz CT molecular complexity index is 1220. The van der Waals surface area contributed by atoms with Crippen LogP contribution < -0.4 is 10.2 Å². The highest BCUT2D eigenvalue weighted by Gasteiger charge is 2.35. The van der Waals surface area contributed by atoms with Gasteiger partial charge in [-0.3, -0.25) is 19.8 Å². The number of halogens is 2. The van der Waals surface area contributed by atoms with E-state index in [1.807, 2.05) is 0 Å². The molecule has 1 saturated heterocycles. The Morgan fingerprint density at radius 2 is 1.83 bits per heavy atom. The van der Waals surface area contributed by atoms with E-state index in [0.717, 1.165) is 0 Å². The van der Waals surface area contributed by atoms with Crippen LogP contribution in [0.3, 0.4) is 0 Å². The van der Waals surface area contributed by atoms with Crippen LogP contribution in [-0.2, 0) is 9.59 Å². The Labute approximate surface area is 181 Å². The number of amides is 2. The fraction of sp³-hybridized carbons (Fsp3) is 0.0455. The molecule has 150 valence electrons. The molecule has 0 bridgehead atoms. The van der Waals surface area contributed by atoms with Gasteiger partial charge in [-0.1, -0.05) is 17.7 Å². The molecule has 4 rings (SSSR count). The second-order valence-corrected chi connectivity index (χ2v) is 7.34. The molecule has 0 spiro atoms. The molecule has 1 aliphatic heterocycles. The highest BCUT2D eigenvalue weighted by molar-refractivity contribution is 7.80. The number of nitrogens with one attached hydrogen (secondary N) is 1. The van der Waals surface area contributed by atoms with Crippen LogP contribution in [0.1, 0.15) is 11.3 Å². The Balaban J connectivity index is 1.70. The minimum Gasteiger partial charge on any atom is -0.457 e. The van der Waals surface area contributed by atoms with Gasteiger partial charge in [0.25, 0.3) is 11.8 Å². The fourth-order valence-corrected chi connectivity index (χ4v) is 3.50. The molecule has 2 heterocycles. The van der Waals surface area contributed by atoms with E-state index in [0.29, 0.717) is 33.4 Å². The average molecular weight is 441 g/mol. The zero-order valence-electron chi connectivity index (χ0n) is 15.6. The van der Waals surface area contributed by atoms with Gasteiger partial charge in [0.1, 0.15) is 22.9 Å². The van der Waals surface area contributed by atoms with E-state index < -0.39 is 11.8 Å². The number of rotatable bonds is 3. The topological polar surface area (TPSA) is 62.6 Å². The first kappa shape index (κ1) is 20.0. The summed E-state index contributed by atoms with van der Waals surface area (Å²) in [5, 5.41) is 2.97. The van der Waals surface area contributed by atoms with E-state index in [1.54, 1.807) is 49.4 Å². The van der Waals surface area contributed by atoms with Gasteiger partial charge in [-0.05, 0) is 79.3 Å². The minimum atomic E-state index is -0.624. The quantitative estimate of drug-likeness (QED) is 0.358. The van der Waals surface area contributed by atoms with Crippen LogP contribution in [0.15, 0.2) is 64.6 Å². The Morgan fingerprint density at radius 1 is 1.10 bits per heavy atom. The van der Waals surface area contributed by atoms with Crippen molar-refractivity contribution in [1.82, 2.24) is 5.32 Å². The largest absolute Gasteiger partial charge is 0.457 e. The van der Waals surface area contributed by atoms with Gasteiger partial charge in [0.15, 0.2) is 5.11 Å². The standard InChI is InChI=1S/C22H14ClFN2O3S/c1-12-17(23)3-2-4-18(12)26-21(28)16(20(27)25-22(26)30)11-15-9-10-19(29-15)13-5-7-14(24)8-6-13/h2-11H,1H3,(H,25,27,30). The molecule has 8 heteroatoms. The van der Waals surface area contributed by atoms with E-state index in [4.69, 9.17) is 28.2 Å². The van der Waals surface area contributed by atoms with Crippen molar-refractivity contribution in [1.29, 1.82) is 0 Å². The van der Waals surface area contributed by atoms with Gasteiger partial charge in [-0.2, -0.15) is 0 Å². The monoisotopic (exact) mass is 440 g/mol. The molecule has 0 saturated carbocycles. The Hall–Kier alpha value is -3.29. The van der Waals surface area contributed by atoms with Crippen LogP contribution in [0.2, 0.25) is 5.02 Å². The van der Waals surface area contributed by atoms with Crippen molar-refractivity contribution in [3.63, 3.8) is 0 Å². The first-order valence-corrected chi connectivity index (χ1v) is 9.66. The first-order valence-electron chi connectivity index (χ1n) is 8.87. The molecule has 1 fully saturated rings. The average Bonchev–Trinajstić information content (AvgIpc) is 3.17. The maximum absolute atomic E-state index is 13.1. The van der Waals surface area contributed by atoms with Crippen LogP contribution in [0.4, 0.5) is 10.1 Å². The van der Waals surface area contributed by atoms with Crippen molar-refractivity contribution >= 4 is 52.5 Å². The summed E-state index contributed by atoms with van der Waals surface area (Å²) in [6.45, 7) is 1.76. The van der Waals surface area contributed by atoms with Gasteiger partial charge in [0.05, 0.1) is 5.69 Å². The number of thiocarbonyl (C=S) groups is 1. The van der Waals surface area contributed by atoms with Crippen molar-refractivity contribution in [3.8, 4) is 11.3 Å². The number of hydrogen-bond acceptors (Lipinski definition) is 4. The van der Waals surface area contributed by atoms with Crippen LogP contribution in [0.5, 0.6) is 0 Å². The predicted molar refractivity (Wildman–Crippen MR) is 116 cm³/mol. The lowest BCUT2D eigenvalue weighted by molar-refractivity contribution is -0.122. The maximum atomic E-state index is 13.1. The molecule has 0 radical (unpaired) electrons. The van der Waals surface area contributed by atoms with Gasteiger partial charge in [0, 0.05) is 10.6 Å². The number of carbonyl (C=O) groups is 2. The zero-order chi connectivity index (χ0) is 21.4. The van der Waals surface area contributed by atoms with Crippen molar-refractivity contribution in [3.05, 3.63) is 82.3 Å². The number of hydrogen-bond donors (Lipinski definition) is 1. The molecule has 1 N–H and O–H groups in total. The lowest BCUT2D eigenvalue weighted by atomic mass is 10.1. The molecular weight excluding hydrogens is 427 g/mol. The third-order valence-electron chi connectivity index (χ3n) is 4.62. The third-order valence-corrected chi connectivity index (χ3v) is 5.32. The predicted octanol–water partition coefficient (Wildman–Crippen LogP) is 4.88. The molecule has 30 heavy (non-hydrogen) atoms. The van der Waals surface area contributed by atoms with Gasteiger partial charge >= 0.3 is 0 Å². The zero-order valence-corrected chi connectivity index (χ0v) is 17.2. The van der Waals surface area contributed by atoms with E-state index in [1.165, 1.54) is 23.1 Å². The number of nitrogens with zero attached hydrogens (tertiary/aromatic N) is 1. The highest BCUT2D eigenvalue weighted by Crippen LogP contribution is 2.30. The Morgan fingerprint density at radius 3 is 2.57 bits per heavy atom. The normalized spacial score (nSPS) is 15.6. The van der Waals surface area contributed by atoms with E-state index >= 15 is 0 Å². The number of benzene rings is 2. The molecule has 2 amide bonds. The van der Waals surface area contributed by atoms with Gasteiger partial charge in [0.2, 0.25) is 0 Å². The second kappa shape index (κ2) is 7.85. The fourth-order valence-electron chi connectivity index (χ4n) is 3.06. The lowest BCUT2D eigenvalue weighted by Crippen LogP contribution is -2.54. The SMILES string of the molecule is Cc1c(Cl)cccc1N1C(=O)C(=Cc2ccc(-c3ccc(F)cc3)o2)C(=O)NC1=S. The van der Waals surface area contributed by atoms with Crippen molar-refractivity contribution < 1.29 is 18.4 Å². The molecule has 3 aromatic rings. The lowest BCUT2D eigenvalue weighted by Gasteiger charge is -2.30. The summed E-state index contributed by atoms with van der Waals surface area (Å²) in [6.07, 6.45) is 1.35. The van der Waals surface area contributed by atoms with Crippen LogP contribution in [0, 0.1) is 12.7 Å². The molecule has 0 atom stereocenters. The minimum absolute atomic E-state index is 0.0287. The molecule has 0 aliphatic carbocycles. The van der Waals surface area contributed by atoms with Gasteiger partial charge < -0.3 is 4.42 Å². The summed E-state index contributed by atoms with van der Waals surface area (Å²) in [7, 11) is 0. The number of carbonyl (C=O) groups excluding carboxylic acids is 2. The van der Waals surface area contributed by atoms with Crippen LogP contribution in [-0.4, -0.2) is 16.9 Å². The molecule has 5 nitrogen and oxygen atoms in total. The molecule has 0 unspecified atom stereocenters. The summed E-state index contributed by atoms with van der Waals surface area (Å²) < 4.78 is 18.8. The number of furan rings is 1. The summed E-state index contributed by atoms with van der Waals surface area (Å²) in [5.41, 5.74) is 1.66. The summed E-state index contributed by atoms with van der Waals surface area (Å²) in [5.74, 6) is -0.800. The van der Waals surface area contributed by atoms with Gasteiger partial charge in [-0.25, -0.2) is 4.39 Å². The number of anilines is 1. The van der Waals surface area contributed by atoms with Crippen LogP contribution >= 0.6 is 23.8 Å². The maximum Gasteiger partial charge on any atom is 0.270 e. The summed E-state index contributed by atoms with van der Waals surface area (Å²) in [4.78, 5) is 26.8. The summed E-state index contributed by atoms with van der Waals surface area (Å²) in [6, 6.07) is 14.2.